The molecule has 1 aliphatic rings. The van der Waals surface area contributed by atoms with E-state index in [9.17, 15) is 14.4 Å². The van der Waals surface area contributed by atoms with Crippen LogP contribution in [0.15, 0.2) is 24.3 Å². The SMILES string of the molecule is CC1(c2cccc(NC(=O)[C@@H](N)C(C)(C)C)c2)NC(=O)NC1=O. The highest BCUT2D eigenvalue weighted by molar-refractivity contribution is 6.07. The Labute approximate surface area is 135 Å². The van der Waals surface area contributed by atoms with Gasteiger partial charge >= 0.3 is 6.03 Å². The first-order chi connectivity index (χ1) is 10.5. The third-order valence-corrected chi connectivity index (χ3v) is 3.97. The van der Waals surface area contributed by atoms with Gasteiger partial charge in [-0.1, -0.05) is 32.9 Å². The molecule has 0 spiro atoms. The van der Waals surface area contributed by atoms with Crippen molar-refractivity contribution in [1.29, 1.82) is 0 Å². The number of carbonyl (C=O) groups is 3. The van der Waals surface area contributed by atoms with Crippen LogP contribution >= 0.6 is 0 Å². The number of carbonyl (C=O) groups excluding carboxylic acids is 3. The average Bonchev–Trinajstić information content (AvgIpc) is 2.71. The molecule has 1 unspecified atom stereocenters. The fourth-order valence-corrected chi connectivity index (χ4v) is 2.27. The maximum absolute atomic E-state index is 12.2. The first kappa shape index (κ1) is 17.0. The number of rotatable bonds is 3. The lowest BCUT2D eigenvalue weighted by atomic mass is 9.87. The Morgan fingerprint density at radius 2 is 1.96 bits per heavy atom. The van der Waals surface area contributed by atoms with E-state index in [1.54, 1.807) is 31.2 Å². The lowest BCUT2D eigenvalue weighted by molar-refractivity contribution is -0.123. The molecule has 1 aliphatic heterocycles. The van der Waals surface area contributed by atoms with E-state index in [2.05, 4.69) is 16.0 Å². The molecule has 7 nitrogen and oxygen atoms in total. The van der Waals surface area contributed by atoms with Crippen LogP contribution in [0.1, 0.15) is 33.3 Å². The second kappa shape index (κ2) is 5.66. The largest absolute Gasteiger partial charge is 0.325 e. The zero-order chi connectivity index (χ0) is 17.4. The zero-order valence-corrected chi connectivity index (χ0v) is 13.7. The highest BCUT2D eigenvalue weighted by Gasteiger charge is 2.43. The molecule has 23 heavy (non-hydrogen) atoms. The predicted octanol–water partition coefficient (Wildman–Crippen LogP) is 1.05. The van der Waals surface area contributed by atoms with Crippen LogP contribution in [0.5, 0.6) is 0 Å². The van der Waals surface area contributed by atoms with Gasteiger partial charge in [0.1, 0.15) is 5.54 Å². The number of imide groups is 1. The van der Waals surface area contributed by atoms with E-state index in [4.69, 9.17) is 5.73 Å². The molecule has 1 aromatic carbocycles. The van der Waals surface area contributed by atoms with Gasteiger partial charge in [-0.2, -0.15) is 0 Å². The van der Waals surface area contributed by atoms with E-state index >= 15 is 0 Å². The Morgan fingerprint density at radius 3 is 2.48 bits per heavy atom. The van der Waals surface area contributed by atoms with Crippen molar-refractivity contribution in [3.63, 3.8) is 0 Å². The Bertz CT molecular complexity index is 666. The minimum atomic E-state index is -1.16. The quantitative estimate of drug-likeness (QED) is 0.624. The minimum absolute atomic E-state index is 0.306. The molecule has 0 saturated carbocycles. The van der Waals surface area contributed by atoms with Gasteiger partial charge in [-0.25, -0.2) is 4.79 Å². The summed E-state index contributed by atoms with van der Waals surface area (Å²) in [6.07, 6.45) is 0. The molecule has 2 rings (SSSR count). The summed E-state index contributed by atoms with van der Waals surface area (Å²) in [6, 6.07) is 5.56. The summed E-state index contributed by atoms with van der Waals surface area (Å²) in [5.74, 6) is -0.739. The van der Waals surface area contributed by atoms with Crippen LogP contribution in [0, 0.1) is 5.41 Å². The lowest BCUT2D eigenvalue weighted by Gasteiger charge is -2.26. The maximum atomic E-state index is 12.2. The number of anilines is 1. The molecule has 7 heteroatoms. The van der Waals surface area contributed by atoms with Crippen molar-refractivity contribution in [2.24, 2.45) is 11.1 Å². The van der Waals surface area contributed by atoms with Gasteiger partial charge in [-0.15, -0.1) is 0 Å². The summed E-state index contributed by atoms with van der Waals surface area (Å²) in [5, 5.41) is 7.54. The monoisotopic (exact) mass is 318 g/mol. The molecule has 1 aromatic rings. The molecule has 5 N–H and O–H groups in total. The lowest BCUT2D eigenvalue weighted by Crippen LogP contribution is -2.45. The fraction of sp³-hybridized carbons (Fsp3) is 0.438. The van der Waals surface area contributed by atoms with Gasteiger partial charge in [0, 0.05) is 5.69 Å². The van der Waals surface area contributed by atoms with E-state index < -0.39 is 23.5 Å². The van der Waals surface area contributed by atoms with Gasteiger partial charge in [-0.3, -0.25) is 14.9 Å². The molecule has 0 aromatic heterocycles. The molecule has 0 bridgehead atoms. The average molecular weight is 318 g/mol. The van der Waals surface area contributed by atoms with E-state index in [1.807, 2.05) is 20.8 Å². The van der Waals surface area contributed by atoms with Crippen molar-refractivity contribution in [2.75, 3.05) is 5.32 Å². The summed E-state index contributed by atoms with van der Waals surface area (Å²) >= 11 is 0. The number of nitrogens with two attached hydrogens (primary N) is 1. The normalized spacial score (nSPS) is 22.3. The molecule has 0 radical (unpaired) electrons. The Kier molecular flexibility index (Phi) is 4.17. The van der Waals surface area contributed by atoms with Crippen molar-refractivity contribution in [1.82, 2.24) is 10.6 Å². The summed E-state index contributed by atoms with van der Waals surface area (Å²) < 4.78 is 0. The van der Waals surface area contributed by atoms with Gasteiger partial charge in [0.2, 0.25) is 5.91 Å². The second-order valence-corrected chi connectivity index (χ2v) is 6.95. The molecule has 4 amide bonds. The summed E-state index contributed by atoms with van der Waals surface area (Å²) in [6.45, 7) is 7.25. The molecule has 124 valence electrons. The van der Waals surface area contributed by atoms with Crippen LogP contribution in [0.4, 0.5) is 10.5 Å². The van der Waals surface area contributed by atoms with Crippen molar-refractivity contribution in [2.45, 2.75) is 39.3 Å². The molecule has 1 heterocycles. The van der Waals surface area contributed by atoms with Crippen LogP contribution in [-0.4, -0.2) is 23.9 Å². The second-order valence-electron chi connectivity index (χ2n) is 6.95. The van der Waals surface area contributed by atoms with E-state index in [0.717, 1.165) is 0 Å². The highest BCUT2D eigenvalue weighted by Crippen LogP contribution is 2.27. The third-order valence-electron chi connectivity index (χ3n) is 3.97. The standard InChI is InChI=1S/C16H22N4O3/c1-15(2,3)11(17)12(21)18-10-7-5-6-9(8-10)16(4)13(22)19-14(23)20-16/h5-8,11H,17H2,1-4H3,(H,18,21)(H2,19,20,22,23)/t11-,16?/m1/s1. The number of hydrogen-bond acceptors (Lipinski definition) is 4. The number of amides is 4. The van der Waals surface area contributed by atoms with Crippen LogP contribution in [0.25, 0.3) is 0 Å². The van der Waals surface area contributed by atoms with Gasteiger partial charge < -0.3 is 16.4 Å². The smallest absolute Gasteiger partial charge is 0.322 e. The minimum Gasteiger partial charge on any atom is -0.325 e. The Hall–Kier alpha value is -2.41. The number of benzene rings is 1. The van der Waals surface area contributed by atoms with Crippen LogP contribution in [-0.2, 0) is 15.1 Å². The van der Waals surface area contributed by atoms with E-state index in [1.165, 1.54) is 0 Å². The van der Waals surface area contributed by atoms with Crippen molar-refractivity contribution < 1.29 is 14.4 Å². The van der Waals surface area contributed by atoms with Crippen LogP contribution in [0.3, 0.4) is 0 Å². The summed E-state index contributed by atoms with van der Waals surface area (Å²) in [4.78, 5) is 35.6. The molecular formula is C16H22N4O3. The third kappa shape index (κ3) is 3.34. The van der Waals surface area contributed by atoms with Crippen LogP contribution in [0.2, 0.25) is 0 Å². The molecule has 0 aliphatic carbocycles. The zero-order valence-electron chi connectivity index (χ0n) is 13.7. The molecule has 2 atom stereocenters. The summed E-state index contributed by atoms with van der Waals surface area (Å²) in [7, 11) is 0. The Balaban J connectivity index is 2.23. The first-order valence-electron chi connectivity index (χ1n) is 7.34. The van der Waals surface area contributed by atoms with Crippen molar-refractivity contribution >= 4 is 23.5 Å². The molecule has 1 saturated heterocycles. The number of nitrogens with one attached hydrogen (secondary N) is 3. The first-order valence-corrected chi connectivity index (χ1v) is 7.34. The van der Waals surface area contributed by atoms with Gasteiger partial charge in [0.15, 0.2) is 0 Å². The number of hydrogen-bond donors (Lipinski definition) is 4. The predicted molar refractivity (Wildman–Crippen MR) is 86.5 cm³/mol. The highest BCUT2D eigenvalue weighted by atomic mass is 16.2. The molecular weight excluding hydrogens is 296 g/mol. The molecule has 1 fully saturated rings. The van der Waals surface area contributed by atoms with E-state index in [-0.39, 0.29) is 11.3 Å². The van der Waals surface area contributed by atoms with Crippen LogP contribution < -0.4 is 21.7 Å². The topological polar surface area (TPSA) is 113 Å². The number of urea groups is 1. The van der Waals surface area contributed by atoms with Gasteiger partial charge in [0.25, 0.3) is 5.91 Å². The van der Waals surface area contributed by atoms with Gasteiger partial charge in [0.05, 0.1) is 6.04 Å². The van der Waals surface area contributed by atoms with Crippen molar-refractivity contribution in [3.05, 3.63) is 29.8 Å². The fourth-order valence-electron chi connectivity index (χ4n) is 2.27. The van der Waals surface area contributed by atoms with Gasteiger partial charge in [-0.05, 0) is 30.0 Å². The van der Waals surface area contributed by atoms with E-state index in [0.29, 0.717) is 11.3 Å². The summed E-state index contributed by atoms with van der Waals surface area (Å²) in [5.41, 5.74) is 5.49. The Morgan fingerprint density at radius 1 is 1.30 bits per heavy atom. The van der Waals surface area contributed by atoms with Crippen molar-refractivity contribution in [3.8, 4) is 0 Å². The maximum Gasteiger partial charge on any atom is 0.322 e.